The second kappa shape index (κ2) is 8.08. The number of carbonyl (C=O) groups is 4. The van der Waals surface area contributed by atoms with Crippen molar-refractivity contribution in [3.63, 3.8) is 0 Å². The SMILES string of the molecule is NC(=O)CCNC(=O)NC(=O)CCCC(=O)O. The predicted octanol–water partition coefficient (Wildman–Crippen LogP) is -1.06. The van der Waals surface area contributed by atoms with Gasteiger partial charge in [0.2, 0.25) is 11.8 Å². The third kappa shape index (κ3) is 10.2. The van der Waals surface area contributed by atoms with E-state index in [2.05, 4.69) is 5.32 Å². The molecule has 0 spiro atoms. The van der Waals surface area contributed by atoms with Gasteiger partial charge in [0.05, 0.1) is 0 Å². The first-order valence-electron chi connectivity index (χ1n) is 4.99. The van der Waals surface area contributed by atoms with Gasteiger partial charge < -0.3 is 16.2 Å². The Balaban J connectivity index is 3.62. The monoisotopic (exact) mass is 245 g/mol. The summed E-state index contributed by atoms with van der Waals surface area (Å²) in [6.45, 7) is 0.0452. The van der Waals surface area contributed by atoms with Crippen LogP contribution in [0.4, 0.5) is 4.79 Å². The fourth-order valence-corrected chi connectivity index (χ4v) is 0.933. The molecule has 0 saturated heterocycles. The molecular weight excluding hydrogens is 230 g/mol. The molecular formula is C9H15N3O5. The van der Waals surface area contributed by atoms with Gasteiger partial charge in [0, 0.05) is 25.8 Å². The molecule has 0 aromatic carbocycles. The Kier molecular flexibility index (Phi) is 7.07. The topological polar surface area (TPSA) is 139 Å². The summed E-state index contributed by atoms with van der Waals surface area (Å²) in [5, 5.41) is 12.6. The van der Waals surface area contributed by atoms with Crippen LogP contribution in [0, 0.1) is 0 Å². The van der Waals surface area contributed by atoms with Gasteiger partial charge in [0.25, 0.3) is 0 Å². The molecule has 0 fully saturated rings. The highest BCUT2D eigenvalue weighted by atomic mass is 16.4. The highest BCUT2D eigenvalue weighted by Gasteiger charge is 2.08. The highest BCUT2D eigenvalue weighted by Crippen LogP contribution is 1.94. The first-order valence-corrected chi connectivity index (χ1v) is 4.99. The molecule has 0 aliphatic carbocycles. The van der Waals surface area contributed by atoms with Gasteiger partial charge in [-0.1, -0.05) is 0 Å². The molecule has 0 radical (unpaired) electrons. The number of carboxylic acids is 1. The molecule has 8 nitrogen and oxygen atoms in total. The van der Waals surface area contributed by atoms with Crippen LogP contribution in [-0.4, -0.2) is 35.5 Å². The van der Waals surface area contributed by atoms with E-state index in [0.29, 0.717) is 0 Å². The molecule has 0 aromatic heterocycles. The maximum absolute atomic E-state index is 11.1. The van der Waals surface area contributed by atoms with Gasteiger partial charge >= 0.3 is 12.0 Å². The van der Waals surface area contributed by atoms with E-state index in [9.17, 15) is 19.2 Å². The van der Waals surface area contributed by atoms with Gasteiger partial charge in [-0.2, -0.15) is 0 Å². The van der Waals surface area contributed by atoms with Crippen LogP contribution in [-0.2, 0) is 14.4 Å². The number of amides is 4. The summed E-state index contributed by atoms with van der Waals surface area (Å²) in [4.78, 5) is 42.6. The van der Waals surface area contributed by atoms with Crippen molar-refractivity contribution in [3.8, 4) is 0 Å². The summed E-state index contributed by atoms with van der Waals surface area (Å²) in [7, 11) is 0. The number of nitrogens with two attached hydrogens (primary N) is 1. The lowest BCUT2D eigenvalue weighted by atomic mass is 10.2. The van der Waals surface area contributed by atoms with Crippen LogP contribution in [0.3, 0.4) is 0 Å². The second-order valence-electron chi connectivity index (χ2n) is 3.27. The number of aliphatic carboxylic acids is 1. The van der Waals surface area contributed by atoms with Gasteiger partial charge in [0.15, 0.2) is 0 Å². The summed E-state index contributed by atoms with van der Waals surface area (Å²) in [5.41, 5.74) is 4.84. The standard InChI is InChI=1S/C9H15N3O5/c10-6(13)4-5-11-9(17)12-7(14)2-1-3-8(15)16/h1-5H2,(H2,10,13)(H,15,16)(H2,11,12,14,17). The number of hydrogen-bond donors (Lipinski definition) is 4. The molecule has 0 atom stereocenters. The Labute approximate surface area is 97.5 Å². The predicted molar refractivity (Wildman–Crippen MR) is 56.8 cm³/mol. The first-order chi connectivity index (χ1) is 7.91. The minimum absolute atomic E-state index is 0.0133. The third-order valence-corrected chi connectivity index (χ3v) is 1.70. The van der Waals surface area contributed by atoms with Crippen molar-refractivity contribution in [1.29, 1.82) is 0 Å². The van der Waals surface area contributed by atoms with Crippen LogP contribution >= 0.6 is 0 Å². The number of imide groups is 1. The molecule has 0 saturated carbocycles. The average Bonchev–Trinajstić information content (AvgIpc) is 2.15. The average molecular weight is 245 g/mol. The number of hydrogen-bond acceptors (Lipinski definition) is 4. The van der Waals surface area contributed by atoms with E-state index >= 15 is 0 Å². The van der Waals surface area contributed by atoms with Crippen LogP contribution in [0.25, 0.3) is 0 Å². The van der Waals surface area contributed by atoms with Crippen molar-refractivity contribution in [2.24, 2.45) is 5.73 Å². The van der Waals surface area contributed by atoms with Crippen LogP contribution < -0.4 is 16.4 Å². The molecule has 0 heterocycles. The molecule has 0 aliphatic rings. The minimum Gasteiger partial charge on any atom is -0.481 e. The van der Waals surface area contributed by atoms with E-state index < -0.39 is 23.8 Å². The molecule has 0 aromatic rings. The number of primary amides is 1. The summed E-state index contributed by atoms with van der Waals surface area (Å²) < 4.78 is 0. The summed E-state index contributed by atoms with van der Waals surface area (Å²) in [5.74, 6) is -2.12. The van der Waals surface area contributed by atoms with E-state index in [1.165, 1.54) is 0 Å². The smallest absolute Gasteiger partial charge is 0.321 e. The lowest BCUT2D eigenvalue weighted by Crippen LogP contribution is -2.40. The van der Waals surface area contributed by atoms with Gasteiger partial charge in [-0.05, 0) is 6.42 Å². The van der Waals surface area contributed by atoms with Crippen LogP contribution in [0.2, 0.25) is 0 Å². The lowest BCUT2D eigenvalue weighted by Gasteiger charge is -2.04. The summed E-state index contributed by atoms with van der Waals surface area (Å²) in [6.07, 6.45) is -0.0252. The fraction of sp³-hybridized carbons (Fsp3) is 0.556. The maximum atomic E-state index is 11.1. The second-order valence-corrected chi connectivity index (χ2v) is 3.27. The van der Waals surface area contributed by atoms with E-state index in [-0.39, 0.29) is 32.2 Å². The van der Waals surface area contributed by atoms with E-state index in [4.69, 9.17) is 10.8 Å². The van der Waals surface area contributed by atoms with E-state index in [0.717, 1.165) is 0 Å². The van der Waals surface area contributed by atoms with E-state index in [1.54, 1.807) is 0 Å². The van der Waals surface area contributed by atoms with Crippen LogP contribution in [0.15, 0.2) is 0 Å². The van der Waals surface area contributed by atoms with Crippen molar-refractivity contribution in [2.45, 2.75) is 25.7 Å². The van der Waals surface area contributed by atoms with Crippen LogP contribution in [0.1, 0.15) is 25.7 Å². The fourth-order valence-electron chi connectivity index (χ4n) is 0.933. The van der Waals surface area contributed by atoms with Crippen molar-refractivity contribution in [2.75, 3.05) is 6.54 Å². The zero-order valence-corrected chi connectivity index (χ0v) is 9.19. The molecule has 0 unspecified atom stereocenters. The largest absolute Gasteiger partial charge is 0.481 e. The van der Waals surface area contributed by atoms with Crippen molar-refractivity contribution < 1.29 is 24.3 Å². The Hall–Kier alpha value is -2.12. The number of urea groups is 1. The molecule has 0 aliphatic heterocycles. The van der Waals surface area contributed by atoms with Gasteiger partial charge in [-0.15, -0.1) is 0 Å². The molecule has 0 bridgehead atoms. The molecule has 8 heteroatoms. The minimum atomic E-state index is -0.997. The molecule has 4 amide bonds. The molecule has 96 valence electrons. The van der Waals surface area contributed by atoms with Gasteiger partial charge in [-0.3, -0.25) is 19.7 Å². The maximum Gasteiger partial charge on any atom is 0.321 e. The zero-order chi connectivity index (χ0) is 13.3. The lowest BCUT2D eigenvalue weighted by molar-refractivity contribution is -0.137. The zero-order valence-electron chi connectivity index (χ0n) is 9.19. The number of nitrogens with one attached hydrogen (secondary N) is 2. The Morgan fingerprint density at radius 3 is 2.24 bits per heavy atom. The van der Waals surface area contributed by atoms with Crippen molar-refractivity contribution in [3.05, 3.63) is 0 Å². The Bertz CT molecular complexity index is 286. The number of carboxylic acid groups (broad SMARTS) is 1. The number of rotatable bonds is 7. The summed E-state index contributed by atoms with van der Waals surface area (Å²) >= 11 is 0. The van der Waals surface area contributed by atoms with Crippen LogP contribution in [0.5, 0.6) is 0 Å². The number of carbonyl (C=O) groups excluding carboxylic acids is 3. The van der Waals surface area contributed by atoms with E-state index in [1.807, 2.05) is 5.32 Å². The normalized spacial score (nSPS) is 9.41. The summed E-state index contributed by atoms with van der Waals surface area (Å²) in [6, 6.07) is -0.730. The Morgan fingerprint density at radius 1 is 1.06 bits per heavy atom. The van der Waals surface area contributed by atoms with Gasteiger partial charge in [-0.25, -0.2) is 4.79 Å². The third-order valence-electron chi connectivity index (χ3n) is 1.70. The molecule has 5 N–H and O–H groups in total. The van der Waals surface area contributed by atoms with Crippen molar-refractivity contribution in [1.82, 2.24) is 10.6 Å². The first kappa shape index (κ1) is 14.9. The highest BCUT2D eigenvalue weighted by molar-refractivity contribution is 5.94. The van der Waals surface area contributed by atoms with Gasteiger partial charge in [0.1, 0.15) is 0 Å². The molecule has 17 heavy (non-hydrogen) atoms. The molecule has 0 rings (SSSR count). The Morgan fingerprint density at radius 2 is 1.71 bits per heavy atom. The quantitative estimate of drug-likeness (QED) is 0.453. The van der Waals surface area contributed by atoms with Crippen molar-refractivity contribution >= 4 is 23.8 Å².